The smallest absolute Gasteiger partial charge is 0.227 e. The molecule has 0 unspecified atom stereocenters. The number of rotatable bonds is 5. The molecule has 1 heterocycles. The van der Waals surface area contributed by atoms with E-state index >= 15 is 0 Å². The fraction of sp³-hybridized carbons (Fsp3) is 0.0682. The lowest BCUT2D eigenvalue weighted by molar-refractivity contribution is 0.623. The number of anilines is 3. The van der Waals surface area contributed by atoms with Crippen molar-refractivity contribution in [3.63, 3.8) is 0 Å². The zero-order chi connectivity index (χ0) is 31.5. The minimum atomic E-state index is -0.0592. The van der Waals surface area contributed by atoms with E-state index in [1.165, 1.54) is 33.4 Å². The fourth-order valence-corrected chi connectivity index (χ4v) is 7.36. The second kappa shape index (κ2) is 10.6. The predicted molar refractivity (Wildman–Crippen MR) is 195 cm³/mol. The Kier molecular flexibility index (Phi) is 6.16. The second-order valence-electron chi connectivity index (χ2n) is 12.8. The van der Waals surface area contributed by atoms with Crippen molar-refractivity contribution >= 4 is 38.9 Å². The van der Waals surface area contributed by atoms with Crippen LogP contribution in [0.4, 0.5) is 17.1 Å². The molecule has 0 N–H and O–H groups in total. The topological polar surface area (TPSA) is 29.3 Å². The summed E-state index contributed by atoms with van der Waals surface area (Å²) in [7, 11) is 0. The summed E-state index contributed by atoms with van der Waals surface area (Å²) in [5.74, 6) is 0.630. The Morgan fingerprint density at radius 3 is 2.02 bits per heavy atom. The van der Waals surface area contributed by atoms with Gasteiger partial charge in [-0.3, -0.25) is 0 Å². The van der Waals surface area contributed by atoms with Crippen LogP contribution in [0, 0.1) is 0 Å². The van der Waals surface area contributed by atoms with Crippen molar-refractivity contribution in [2.45, 2.75) is 19.3 Å². The number of benzene rings is 7. The largest absolute Gasteiger partial charge is 0.435 e. The van der Waals surface area contributed by atoms with Crippen molar-refractivity contribution in [2.24, 2.45) is 0 Å². The molecular formula is C44H32N2O. The zero-order valence-corrected chi connectivity index (χ0v) is 26.3. The second-order valence-corrected chi connectivity index (χ2v) is 12.8. The highest BCUT2D eigenvalue weighted by molar-refractivity contribution is 6.10. The quantitative estimate of drug-likeness (QED) is 0.196. The van der Waals surface area contributed by atoms with Crippen LogP contribution in [0.1, 0.15) is 25.0 Å². The average Bonchev–Trinajstić information content (AvgIpc) is 3.67. The van der Waals surface area contributed by atoms with E-state index in [0.717, 1.165) is 44.5 Å². The molecule has 0 saturated carbocycles. The molecule has 0 bridgehead atoms. The Balaban J connectivity index is 1.27. The van der Waals surface area contributed by atoms with Crippen LogP contribution in [0.2, 0.25) is 0 Å². The molecule has 0 radical (unpaired) electrons. The van der Waals surface area contributed by atoms with Gasteiger partial charge in [0.05, 0.1) is 5.69 Å². The molecule has 0 atom stereocenters. The number of nitrogens with zero attached hydrogens (tertiary/aromatic N) is 2. The SMILES string of the molecule is CC1(C)c2ccccc2-c2cc(N(c3cccc(-c4ccccc4)c3)c3cccc4c3ccc3nc(-c5ccccc5)oc34)ccc21. The Morgan fingerprint density at radius 2 is 1.19 bits per heavy atom. The van der Waals surface area contributed by atoms with Crippen LogP contribution in [0.3, 0.4) is 0 Å². The third-order valence-corrected chi connectivity index (χ3v) is 9.69. The van der Waals surface area contributed by atoms with Crippen LogP contribution in [0.15, 0.2) is 162 Å². The van der Waals surface area contributed by atoms with Gasteiger partial charge in [0.25, 0.3) is 0 Å². The third-order valence-electron chi connectivity index (χ3n) is 9.69. The van der Waals surface area contributed by atoms with E-state index in [1.54, 1.807) is 0 Å². The van der Waals surface area contributed by atoms with Crippen LogP contribution >= 0.6 is 0 Å². The first kappa shape index (κ1) is 27.4. The molecule has 224 valence electrons. The molecule has 3 nitrogen and oxygen atoms in total. The minimum Gasteiger partial charge on any atom is -0.435 e. The molecule has 47 heavy (non-hydrogen) atoms. The standard InChI is InChI=1S/C44H32N2O/c1-44(2)38-21-10-9-19-34(38)37-28-33(23-25-39(37)44)46(32-18-11-17-31(27-32)29-13-5-3-6-14-29)41-22-12-20-36-35(41)24-26-40-42(36)47-43(45-40)30-15-7-4-8-16-30/h3-28H,1-2H3. The van der Waals surface area contributed by atoms with Gasteiger partial charge in [0.2, 0.25) is 5.89 Å². The summed E-state index contributed by atoms with van der Waals surface area (Å²) in [6.45, 7) is 4.66. The molecule has 0 fully saturated rings. The van der Waals surface area contributed by atoms with Crippen molar-refractivity contribution in [2.75, 3.05) is 4.90 Å². The first-order chi connectivity index (χ1) is 23.1. The minimum absolute atomic E-state index is 0.0592. The molecule has 7 aromatic carbocycles. The summed E-state index contributed by atoms with van der Waals surface area (Å²) in [6, 6.07) is 56.1. The van der Waals surface area contributed by atoms with Crippen molar-refractivity contribution in [1.29, 1.82) is 0 Å². The Hall–Kier alpha value is -5.93. The van der Waals surface area contributed by atoms with Crippen LogP contribution < -0.4 is 4.90 Å². The molecule has 1 aromatic heterocycles. The summed E-state index contributed by atoms with van der Waals surface area (Å²) in [4.78, 5) is 7.26. The zero-order valence-electron chi connectivity index (χ0n) is 26.3. The van der Waals surface area contributed by atoms with Crippen molar-refractivity contribution in [3.8, 4) is 33.7 Å². The van der Waals surface area contributed by atoms with E-state index in [9.17, 15) is 0 Å². The van der Waals surface area contributed by atoms with Crippen LogP contribution in [-0.2, 0) is 5.41 Å². The maximum Gasteiger partial charge on any atom is 0.227 e. The van der Waals surface area contributed by atoms with Crippen LogP contribution in [0.25, 0.3) is 55.6 Å². The molecule has 8 aromatic rings. The van der Waals surface area contributed by atoms with Crippen molar-refractivity contribution in [3.05, 3.63) is 169 Å². The molecule has 3 heteroatoms. The summed E-state index contributed by atoms with van der Waals surface area (Å²) in [5.41, 5.74) is 13.5. The molecular weight excluding hydrogens is 572 g/mol. The lowest BCUT2D eigenvalue weighted by Gasteiger charge is -2.28. The highest BCUT2D eigenvalue weighted by Gasteiger charge is 2.35. The number of fused-ring (bicyclic) bond motifs is 6. The van der Waals surface area contributed by atoms with E-state index < -0.39 is 0 Å². The predicted octanol–water partition coefficient (Wildman–Crippen LogP) is 12.1. The normalized spacial score (nSPS) is 13.1. The van der Waals surface area contributed by atoms with E-state index in [0.29, 0.717) is 5.89 Å². The summed E-state index contributed by atoms with van der Waals surface area (Å²) in [5, 5.41) is 2.13. The highest BCUT2D eigenvalue weighted by Crippen LogP contribution is 2.51. The molecule has 0 amide bonds. The molecule has 0 spiro atoms. The monoisotopic (exact) mass is 604 g/mol. The maximum atomic E-state index is 6.48. The Bertz CT molecular complexity index is 2440. The third kappa shape index (κ3) is 4.39. The van der Waals surface area contributed by atoms with Crippen molar-refractivity contribution in [1.82, 2.24) is 4.98 Å². The van der Waals surface area contributed by atoms with E-state index in [1.807, 2.05) is 30.3 Å². The van der Waals surface area contributed by atoms with Gasteiger partial charge < -0.3 is 9.32 Å². The van der Waals surface area contributed by atoms with E-state index in [-0.39, 0.29) is 5.41 Å². The summed E-state index contributed by atoms with van der Waals surface area (Å²) >= 11 is 0. The first-order valence-corrected chi connectivity index (χ1v) is 16.1. The van der Waals surface area contributed by atoms with E-state index in [4.69, 9.17) is 9.40 Å². The molecule has 1 aliphatic rings. The summed E-state index contributed by atoms with van der Waals surface area (Å²) < 4.78 is 6.48. The molecule has 0 saturated heterocycles. The van der Waals surface area contributed by atoms with Crippen LogP contribution in [0.5, 0.6) is 0 Å². The van der Waals surface area contributed by atoms with Gasteiger partial charge in [-0.05, 0) is 88.0 Å². The first-order valence-electron chi connectivity index (χ1n) is 16.1. The molecule has 0 aliphatic heterocycles. The Labute approximate surface area is 274 Å². The summed E-state index contributed by atoms with van der Waals surface area (Å²) in [6.07, 6.45) is 0. The average molecular weight is 605 g/mol. The maximum absolute atomic E-state index is 6.48. The van der Waals surface area contributed by atoms with E-state index in [2.05, 4.69) is 146 Å². The van der Waals surface area contributed by atoms with Gasteiger partial charge in [-0.25, -0.2) is 4.98 Å². The lowest BCUT2D eigenvalue weighted by atomic mass is 9.82. The number of oxazole rings is 1. The van der Waals surface area contributed by atoms with Gasteiger partial charge in [0.1, 0.15) is 5.52 Å². The lowest BCUT2D eigenvalue weighted by Crippen LogP contribution is -2.15. The fourth-order valence-electron chi connectivity index (χ4n) is 7.36. The van der Waals surface area contributed by atoms with Gasteiger partial charge in [0, 0.05) is 33.1 Å². The van der Waals surface area contributed by atoms with Gasteiger partial charge in [0.15, 0.2) is 5.58 Å². The number of hydrogen-bond acceptors (Lipinski definition) is 3. The van der Waals surface area contributed by atoms with Crippen molar-refractivity contribution < 1.29 is 4.42 Å². The Morgan fingerprint density at radius 1 is 0.511 bits per heavy atom. The van der Waals surface area contributed by atoms with Gasteiger partial charge >= 0.3 is 0 Å². The number of hydrogen-bond donors (Lipinski definition) is 0. The van der Waals surface area contributed by atoms with Gasteiger partial charge in [-0.2, -0.15) is 0 Å². The van der Waals surface area contributed by atoms with Gasteiger partial charge in [-0.15, -0.1) is 0 Å². The molecule has 1 aliphatic carbocycles. The number of aromatic nitrogens is 1. The molecule has 9 rings (SSSR count). The van der Waals surface area contributed by atoms with Crippen LogP contribution in [-0.4, -0.2) is 4.98 Å². The van der Waals surface area contributed by atoms with Gasteiger partial charge in [-0.1, -0.05) is 117 Å². The highest BCUT2D eigenvalue weighted by atomic mass is 16.3.